The maximum atomic E-state index is 12.0. The van der Waals surface area contributed by atoms with Crippen molar-refractivity contribution in [1.82, 2.24) is 0 Å². The fourth-order valence-corrected chi connectivity index (χ4v) is 3.11. The van der Waals surface area contributed by atoms with Crippen LogP contribution in [-0.4, -0.2) is 11.5 Å². The van der Waals surface area contributed by atoms with Gasteiger partial charge < -0.3 is 0 Å². The molecule has 4 heteroatoms. The second-order valence-electron chi connectivity index (χ2n) is 4.02. The Morgan fingerprint density at radius 3 is 2.47 bits per heavy atom. The summed E-state index contributed by atoms with van der Waals surface area (Å²) in [5, 5.41) is 0.734. The molecule has 2 aromatic rings. The average Bonchev–Trinajstić information content (AvgIpc) is 2.41. The molecule has 0 radical (unpaired) electrons. The smallest absolute Gasteiger partial charge is 0.173 e. The molecule has 0 spiro atoms. The molecular formula is C15H12BrClOS. The van der Waals surface area contributed by atoms with Crippen molar-refractivity contribution in [3.8, 4) is 0 Å². The highest BCUT2D eigenvalue weighted by Crippen LogP contribution is 2.20. The van der Waals surface area contributed by atoms with Gasteiger partial charge >= 0.3 is 0 Å². The molecule has 2 rings (SSSR count). The predicted molar refractivity (Wildman–Crippen MR) is 86.1 cm³/mol. The van der Waals surface area contributed by atoms with Crippen molar-refractivity contribution in [2.45, 2.75) is 5.75 Å². The van der Waals surface area contributed by atoms with Crippen molar-refractivity contribution in [2.75, 3.05) is 5.75 Å². The quantitative estimate of drug-likeness (QED) is 0.684. The van der Waals surface area contributed by atoms with Gasteiger partial charge in [0.1, 0.15) is 0 Å². The zero-order valence-electron chi connectivity index (χ0n) is 10.1. The van der Waals surface area contributed by atoms with Gasteiger partial charge in [0.15, 0.2) is 5.78 Å². The first-order valence-electron chi connectivity index (χ1n) is 5.77. The van der Waals surface area contributed by atoms with Gasteiger partial charge in [-0.25, -0.2) is 0 Å². The summed E-state index contributed by atoms with van der Waals surface area (Å²) in [4.78, 5) is 12.0. The fraction of sp³-hybridized carbons (Fsp3) is 0.133. The standard InChI is InChI=1S/C15H12BrClOS/c16-14-4-2-1-3-13(14)15(18)10-19-9-11-5-7-12(17)8-6-11/h1-8H,9-10H2. The summed E-state index contributed by atoms with van der Waals surface area (Å²) in [6.45, 7) is 0. The number of hydrogen-bond acceptors (Lipinski definition) is 2. The van der Waals surface area contributed by atoms with Gasteiger partial charge in [0, 0.05) is 20.8 Å². The summed E-state index contributed by atoms with van der Waals surface area (Å²) >= 11 is 10.8. The minimum atomic E-state index is 0.145. The molecule has 1 nitrogen and oxygen atoms in total. The van der Waals surface area contributed by atoms with E-state index in [-0.39, 0.29) is 5.78 Å². The number of carbonyl (C=O) groups excluding carboxylic acids is 1. The number of carbonyl (C=O) groups is 1. The van der Waals surface area contributed by atoms with Gasteiger partial charge in [-0.15, -0.1) is 11.8 Å². The molecule has 0 aliphatic heterocycles. The lowest BCUT2D eigenvalue weighted by Crippen LogP contribution is -2.03. The number of benzene rings is 2. The molecule has 0 fully saturated rings. The second kappa shape index (κ2) is 7.13. The van der Waals surface area contributed by atoms with Gasteiger partial charge in [0.05, 0.1) is 5.75 Å². The first-order chi connectivity index (χ1) is 9.16. The van der Waals surface area contributed by atoms with Gasteiger partial charge in [-0.05, 0) is 23.8 Å². The van der Waals surface area contributed by atoms with Crippen LogP contribution in [0.2, 0.25) is 5.02 Å². The zero-order valence-corrected chi connectivity index (χ0v) is 13.3. The van der Waals surface area contributed by atoms with Crippen LogP contribution in [0.1, 0.15) is 15.9 Å². The summed E-state index contributed by atoms with van der Waals surface area (Å²) in [7, 11) is 0. The van der Waals surface area contributed by atoms with Crippen molar-refractivity contribution >= 4 is 45.1 Å². The summed E-state index contributed by atoms with van der Waals surface area (Å²) in [6.07, 6.45) is 0. The highest BCUT2D eigenvalue weighted by molar-refractivity contribution is 9.10. The molecule has 0 heterocycles. The van der Waals surface area contributed by atoms with E-state index in [0.29, 0.717) is 5.75 Å². The highest BCUT2D eigenvalue weighted by atomic mass is 79.9. The highest BCUT2D eigenvalue weighted by Gasteiger charge is 2.09. The summed E-state index contributed by atoms with van der Waals surface area (Å²) in [6, 6.07) is 15.2. The number of ketones is 1. The van der Waals surface area contributed by atoms with Crippen molar-refractivity contribution in [2.24, 2.45) is 0 Å². The number of halogens is 2. The molecular weight excluding hydrogens is 344 g/mol. The van der Waals surface area contributed by atoms with Crippen LogP contribution >= 0.6 is 39.3 Å². The third-order valence-electron chi connectivity index (χ3n) is 2.59. The van der Waals surface area contributed by atoms with Crippen molar-refractivity contribution in [3.05, 3.63) is 69.2 Å². The third-order valence-corrected chi connectivity index (χ3v) is 4.54. The first-order valence-corrected chi connectivity index (χ1v) is 8.09. The Labute approximate surface area is 130 Å². The Morgan fingerprint density at radius 1 is 1.11 bits per heavy atom. The van der Waals surface area contributed by atoms with E-state index in [2.05, 4.69) is 15.9 Å². The molecule has 0 N–H and O–H groups in total. The molecule has 0 unspecified atom stereocenters. The van der Waals surface area contributed by atoms with Crippen LogP contribution in [0.5, 0.6) is 0 Å². The lowest BCUT2D eigenvalue weighted by atomic mass is 10.1. The van der Waals surface area contributed by atoms with E-state index in [0.717, 1.165) is 20.8 Å². The lowest BCUT2D eigenvalue weighted by molar-refractivity contribution is 0.102. The molecule has 0 bridgehead atoms. The SMILES string of the molecule is O=C(CSCc1ccc(Cl)cc1)c1ccccc1Br. The van der Waals surface area contributed by atoms with Crippen molar-refractivity contribution < 1.29 is 4.79 Å². The molecule has 98 valence electrons. The van der Waals surface area contributed by atoms with Gasteiger partial charge in [-0.1, -0.05) is 57.9 Å². The number of Topliss-reactive ketones (excluding diaryl/α,β-unsaturated/α-hetero) is 1. The van der Waals surface area contributed by atoms with Crippen molar-refractivity contribution in [3.63, 3.8) is 0 Å². The molecule has 0 aromatic heterocycles. The van der Waals surface area contributed by atoms with E-state index in [1.807, 2.05) is 48.5 Å². The van der Waals surface area contributed by atoms with Crippen LogP contribution in [-0.2, 0) is 5.75 Å². The molecule has 0 saturated heterocycles. The van der Waals surface area contributed by atoms with Gasteiger partial charge in [0.25, 0.3) is 0 Å². The predicted octanol–water partition coefficient (Wildman–Crippen LogP) is 5.22. The Bertz CT molecular complexity index is 569. The van der Waals surface area contributed by atoms with E-state index in [1.165, 1.54) is 5.56 Å². The van der Waals surface area contributed by atoms with Gasteiger partial charge in [-0.2, -0.15) is 0 Å². The molecule has 0 amide bonds. The van der Waals surface area contributed by atoms with E-state index < -0.39 is 0 Å². The molecule has 2 aromatic carbocycles. The van der Waals surface area contributed by atoms with E-state index in [4.69, 9.17) is 11.6 Å². The average molecular weight is 356 g/mol. The third kappa shape index (κ3) is 4.37. The van der Waals surface area contributed by atoms with Crippen LogP contribution in [0.15, 0.2) is 53.0 Å². The van der Waals surface area contributed by atoms with Crippen molar-refractivity contribution in [1.29, 1.82) is 0 Å². The normalized spacial score (nSPS) is 10.4. The molecule has 0 saturated carbocycles. The van der Waals surface area contributed by atoms with Crippen LogP contribution < -0.4 is 0 Å². The Kier molecular flexibility index (Phi) is 5.49. The second-order valence-corrected chi connectivity index (χ2v) is 6.30. The van der Waals surface area contributed by atoms with Crippen LogP contribution in [0.4, 0.5) is 0 Å². The Hall–Kier alpha value is -0.770. The van der Waals surface area contributed by atoms with Gasteiger partial charge in [0.2, 0.25) is 0 Å². The molecule has 0 aliphatic carbocycles. The zero-order chi connectivity index (χ0) is 13.7. The minimum Gasteiger partial charge on any atom is -0.293 e. The number of hydrogen-bond donors (Lipinski definition) is 0. The van der Waals surface area contributed by atoms with Gasteiger partial charge in [-0.3, -0.25) is 4.79 Å². The maximum absolute atomic E-state index is 12.0. The molecule has 19 heavy (non-hydrogen) atoms. The fourth-order valence-electron chi connectivity index (χ4n) is 1.61. The monoisotopic (exact) mass is 354 g/mol. The Morgan fingerprint density at radius 2 is 1.79 bits per heavy atom. The summed E-state index contributed by atoms with van der Waals surface area (Å²) in [5.41, 5.74) is 1.92. The van der Waals surface area contributed by atoms with Crippen LogP contribution in [0.3, 0.4) is 0 Å². The van der Waals surface area contributed by atoms with E-state index in [9.17, 15) is 4.79 Å². The maximum Gasteiger partial charge on any atom is 0.173 e. The number of thioether (sulfide) groups is 1. The van der Waals surface area contributed by atoms with Crippen LogP contribution in [0, 0.1) is 0 Å². The van der Waals surface area contributed by atoms with E-state index >= 15 is 0 Å². The molecule has 0 aliphatic rings. The minimum absolute atomic E-state index is 0.145. The summed E-state index contributed by atoms with van der Waals surface area (Å²) in [5.74, 6) is 1.44. The number of rotatable bonds is 5. The Balaban J connectivity index is 1.88. The van der Waals surface area contributed by atoms with Crippen LogP contribution in [0.25, 0.3) is 0 Å². The topological polar surface area (TPSA) is 17.1 Å². The first kappa shape index (κ1) is 14.6. The van der Waals surface area contributed by atoms with E-state index in [1.54, 1.807) is 11.8 Å². The lowest BCUT2D eigenvalue weighted by Gasteiger charge is -2.04. The largest absolute Gasteiger partial charge is 0.293 e. The molecule has 0 atom stereocenters. The summed E-state index contributed by atoms with van der Waals surface area (Å²) < 4.78 is 0.854.